The van der Waals surface area contributed by atoms with Crippen LogP contribution in [0.5, 0.6) is 0 Å². The van der Waals surface area contributed by atoms with Crippen molar-refractivity contribution in [2.24, 2.45) is 5.73 Å². The van der Waals surface area contributed by atoms with Gasteiger partial charge in [0.05, 0.1) is 5.66 Å². The van der Waals surface area contributed by atoms with Crippen molar-refractivity contribution in [2.75, 3.05) is 0 Å². The first-order valence-corrected chi connectivity index (χ1v) is 3.81. The average molecular weight is 156 g/mol. The molecule has 0 radical (unpaired) electrons. The van der Waals surface area contributed by atoms with Gasteiger partial charge in [0.25, 0.3) is 0 Å². The van der Waals surface area contributed by atoms with Crippen molar-refractivity contribution in [3.8, 4) is 0 Å². The van der Waals surface area contributed by atoms with Crippen LogP contribution in [0.25, 0.3) is 0 Å². The Hall–Kier alpha value is -0.830. The maximum Gasteiger partial charge on any atom is 0.244 e. The van der Waals surface area contributed by atoms with E-state index in [1.807, 2.05) is 13.8 Å². The van der Waals surface area contributed by atoms with E-state index in [0.717, 1.165) is 12.8 Å². The highest BCUT2D eigenvalue weighted by molar-refractivity contribution is 5.87. The largest absolute Gasteiger partial charge is 0.335 e. The van der Waals surface area contributed by atoms with Gasteiger partial charge in [0.15, 0.2) is 0 Å². The molecule has 0 unspecified atom stereocenters. The molecular formula is C8H16N2O. The standard InChI is InChI=1S/C8H16N2O/c1-4-7(11)10-8(9,5-2)6-3/h4H,1,5-6,9H2,2-3H3,(H,10,11). The molecule has 0 fully saturated rings. The Morgan fingerprint density at radius 2 is 2.09 bits per heavy atom. The number of carbonyl (C=O) groups is 1. The van der Waals surface area contributed by atoms with Gasteiger partial charge in [-0.05, 0) is 18.9 Å². The highest BCUT2D eigenvalue weighted by atomic mass is 16.1. The van der Waals surface area contributed by atoms with Crippen LogP contribution >= 0.6 is 0 Å². The molecule has 1 amide bonds. The summed E-state index contributed by atoms with van der Waals surface area (Å²) in [5.74, 6) is -0.212. The zero-order valence-corrected chi connectivity index (χ0v) is 7.18. The molecule has 0 heterocycles. The molecule has 0 aromatic carbocycles. The highest BCUT2D eigenvalue weighted by Gasteiger charge is 2.20. The second kappa shape index (κ2) is 4.13. The summed E-state index contributed by atoms with van der Waals surface area (Å²) in [5, 5.41) is 2.66. The second-order valence-corrected chi connectivity index (χ2v) is 2.56. The fourth-order valence-electron chi connectivity index (χ4n) is 0.723. The van der Waals surface area contributed by atoms with Crippen LogP contribution < -0.4 is 11.1 Å². The van der Waals surface area contributed by atoms with Crippen molar-refractivity contribution in [3.63, 3.8) is 0 Å². The predicted octanol–water partition coefficient (Wildman–Crippen LogP) is 0.764. The number of nitrogens with one attached hydrogen (secondary N) is 1. The number of hydrogen-bond donors (Lipinski definition) is 2. The fraction of sp³-hybridized carbons (Fsp3) is 0.625. The van der Waals surface area contributed by atoms with Gasteiger partial charge in [-0.1, -0.05) is 20.4 Å². The number of rotatable bonds is 4. The molecule has 0 aromatic rings. The molecule has 0 aliphatic carbocycles. The van der Waals surface area contributed by atoms with Crippen molar-refractivity contribution >= 4 is 5.91 Å². The van der Waals surface area contributed by atoms with Gasteiger partial charge in [-0.2, -0.15) is 0 Å². The molecule has 0 saturated heterocycles. The van der Waals surface area contributed by atoms with E-state index in [9.17, 15) is 4.79 Å². The van der Waals surface area contributed by atoms with Crippen LogP contribution in [0.3, 0.4) is 0 Å². The van der Waals surface area contributed by atoms with Crippen molar-refractivity contribution in [2.45, 2.75) is 32.4 Å². The van der Waals surface area contributed by atoms with Crippen LogP contribution in [-0.4, -0.2) is 11.6 Å². The molecule has 0 saturated carbocycles. The molecule has 0 atom stereocenters. The van der Waals surface area contributed by atoms with E-state index in [-0.39, 0.29) is 5.91 Å². The van der Waals surface area contributed by atoms with Crippen LogP contribution in [0.4, 0.5) is 0 Å². The summed E-state index contributed by atoms with van der Waals surface area (Å²) in [7, 11) is 0. The van der Waals surface area contributed by atoms with Crippen LogP contribution in [0.1, 0.15) is 26.7 Å². The zero-order chi connectivity index (χ0) is 8.91. The summed E-state index contributed by atoms with van der Waals surface area (Å²) in [6.07, 6.45) is 2.68. The Morgan fingerprint density at radius 1 is 1.64 bits per heavy atom. The van der Waals surface area contributed by atoms with Gasteiger partial charge in [-0.25, -0.2) is 0 Å². The molecule has 0 aliphatic rings. The Morgan fingerprint density at radius 3 is 2.36 bits per heavy atom. The maximum absolute atomic E-state index is 10.8. The molecule has 0 rings (SSSR count). The second-order valence-electron chi connectivity index (χ2n) is 2.56. The lowest BCUT2D eigenvalue weighted by Gasteiger charge is -2.27. The zero-order valence-electron chi connectivity index (χ0n) is 7.18. The Balaban J connectivity index is 4.06. The molecule has 0 bridgehead atoms. The summed E-state index contributed by atoms with van der Waals surface area (Å²) < 4.78 is 0. The minimum absolute atomic E-state index is 0.212. The van der Waals surface area contributed by atoms with E-state index >= 15 is 0 Å². The molecular weight excluding hydrogens is 140 g/mol. The van der Waals surface area contributed by atoms with Crippen LogP contribution in [0.15, 0.2) is 12.7 Å². The minimum atomic E-state index is -0.564. The summed E-state index contributed by atoms with van der Waals surface area (Å²) in [6, 6.07) is 0. The average Bonchev–Trinajstić information content (AvgIpc) is 2.04. The lowest BCUT2D eigenvalue weighted by atomic mass is 10.1. The molecule has 3 heteroatoms. The Kier molecular flexibility index (Phi) is 3.82. The van der Waals surface area contributed by atoms with Gasteiger partial charge >= 0.3 is 0 Å². The van der Waals surface area contributed by atoms with E-state index in [2.05, 4.69) is 11.9 Å². The van der Waals surface area contributed by atoms with Crippen molar-refractivity contribution < 1.29 is 4.79 Å². The van der Waals surface area contributed by atoms with Gasteiger partial charge in [0, 0.05) is 0 Å². The quantitative estimate of drug-likeness (QED) is 0.466. The molecule has 0 aliphatic heterocycles. The first kappa shape index (κ1) is 10.2. The van der Waals surface area contributed by atoms with Gasteiger partial charge < -0.3 is 11.1 Å². The third kappa shape index (κ3) is 3.18. The molecule has 0 spiro atoms. The summed E-state index contributed by atoms with van der Waals surface area (Å²) in [6.45, 7) is 7.22. The number of amides is 1. The van der Waals surface area contributed by atoms with E-state index < -0.39 is 5.66 Å². The molecule has 0 aromatic heterocycles. The van der Waals surface area contributed by atoms with Gasteiger partial charge in [-0.15, -0.1) is 0 Å². The maximum atomic E-state index is 10.8. The molecule has 3 N–H and O–H groups in total. The van der Waals surface area contributed by atoms with Crippen LogP contribution in [-0.2, 0) is 4.79 Å². The lowest BCUT2D eigenvalue weighted by Crippen LogP contribution is -2.54. The van der Waals surface area contributed by atoms with Gasteiger partial charge in [0.2, 0.25) is 5.91 Å². The summed E-state index contributed by atoms with van der Waals surface area (Å²) in [5.41, 5.74) is 5.23. The lowest BCUT2D eigenvalue weighted by molar-refractivity contribution is -0.118. The van der Waals surface area contributed by atoms with Gasteiger partial charge in [-0.3, -0.25) is 4.79 Å². The molecule has 3 nitrogen and oxygen atoms in total. The molecule has 64 valence electrons. The summed E-state index contributed by atoms with van der Waals surface area (Å²) >= 11 is 0. The smallest absolute Gasteiger partial charge is 0.244 e. The van der Waals surface area contributed by atoms with Crippen LogP contribution in [0, 0.1) is 0 Å². The Labute approximate surface area is 67.7 Å². The number of carbonyl (C=O) groups excluding carboxylic acids is 1. The van der Waals surface area contributed by atoms with Crippen LogP contribution in [0.2, 0.25) is 0 Å². The van der Waals surface area contributed by atoms with Crippen molar-refractivity contribution in [3.05, 3.63) is 12.7 Å². The predicted molar refractivity (Wildman–Crippen MR) is 45.8 cm³/mol. The number of nitrogens with two attached hydrogens (primary N) is 1. The minimum Gasteiger partial charge on any atom is -0.335 e. The SMILES string of the molecule is C=CC(=O)NC(N)(CC)CC. The first-order chi connectivity index (χ1) is 5.08. The monoisotopic (exact) mass is 156 g/mol. The Bertz CT molecular complexity index is 150. The van der Waals surface area contributed by atoms with E-state index in [0.29, 0.717) is 0 Å². The highest BCUT2D eigenvalue weighted by Crippen LogP contribution is 2.05. The number of hydrogen-bond acceptors (Lipinski definition) is 2. The van der Waals surface area contributed by atoms with E-state index in [1.54, 1.807) is 0 Å². The van der Waals surface area contributed by atoms with Gasteiger partial charge in [0.1, 0.15) is 0 Å². The topological polar surface area (TPSA) is 55.1 Å². The third-order valence-corrected chi connectivity index (χ3v) is 1.82. The van der Waals surface area contributed by atoms with E-state index in [4.69, 9.17) is 5.73 Å². The first-order valence-electron chi connectivity index (χ1n) is 3.81. The molecule has 11 heavy (non-hydrogen) atoms. The van der Waals surface area contributed by atoms with Crippen molar-refractivity contribution in [1.82, 2.24) is 5.32 Å². The fourth-order valence-corrected chi connectivity index (χ4v) is 0.723. The normalized spacial score (nSPS) is 10.8. The van der Waals surface area contributed by atoms with Crippen molar-refractivity contribution in [1.29, 1.82) is 0 Å². The third-order valence-electron chi connectivity index (χ3n) is 1.82. The summed E-state index contributed by atoms with van der Waals surface area (Å²) in [4.78, 5) is 10.8. The van der Waals surface area contributed by atoms with E-state index in [1.165, 1.54) is 6.08 Å².